The maximum Gasteiger partial charge on any atom is 0.247 e. The van der Waals surface area contributed by atoms with Gasteiger partial charge in [0.2, 0.25) is 10.0 Å². The molecular formula is C10H8Br2N4O2S. The highest BCUT2D eigenvalue weighted by molar-refractivity contribution is 9.11. The summed E-state index contributed by atoms with van der Waals surface area (Å²) in [4.78, 5) is -0.0628. The molecule has 0 atom stereocenters. The molecule has 0 aliphatic heterocycles. The molecular weight excluding hydrogens is 400 g/mol. The number of nitriles is 2. The summed E-state index contributed by atoms with van der Waals surface area (Å²) in [6.07, 6.45) is 0. The van der Waals surface area contributed by atoms with E-state index in [1.165, 1.54) is 12.1 Å². The topological polar surface area (TPSA) is 111 Å². The summed E-state index contributed by atoms with van der Waals surface area (Å²) in [7, 11) is -3.96. The fraction of sp³-hybridized carbons (Fsp3) is 0.200. The fourth-order valence-corrected chi connectivity index (χ4v) is 5.11. The van der Waals surface area contributed by atoms with Gasteiger partial charge in [-0.25, -0.2) is 8.42 Å². The Morgan fingerprint density at radius 2 is 1.58 bits per heavy atom. The Morgan fingerprint density at radius 1 is 1.16 bits per heavy atom. The first-order valence-corrected chi connectivity index (χ1v) is 7.85. The number of sulfonamides is 1. The van der Waals surface area contributed by atoms with Gasteiger partial charge in [-0.05, 0) is 44.0 Å². The summed E-state index contributed by atoms with van der Waals surface area (Å²) in [5.41, 5.74) is 5.97. The predicted molar refractivity (Wildman–Crippen MR) is 76.2 cm³/mol. The van der Waals surface area contributed by atoms with Crippen molar-refractivity contribution < 1.29 is 8.42 Å². The summed E-state index contributed by atoms with van der Waals surface area (Å²) < 4.78 is 26.1. The highest BCUT2D eigenvalue weighted by Gasteiger charge is 2.28. The van der Waals surface area contributed by atoms with Gasteiger partial charge in [-0.1, -0.05) is 0 Å². The van der Waals surface area contributed by atoms with Crippen LogP contribution in [-0.4, -0.2) is 25.8 Å². The minimum absolute atomic E-state index is 0.0628. The maximum atomic E-state index is 12.4. The molecule has 0 bridgehead atoms. The van der Waals surface area contributed by atoms with Gasteiger partial charge in [-0.2, -0.15) is 14.8 Å². The van der Waals surface area contributed by atoms with Gasteiger partial charge in [0.15, 0.2) is 0 Å². The van der Waals surface area contributed by atoms with E-state index in [2.05, 4.69) is 31.9 Å². The molecule has 0 aliphatic carbocycles. The van der Waals surface area contributed by atoms with Crippen molar-refractivity contribution in [3.63, 3.8) is 0 Å². The molecule has 0 radical (unpaired) electrons. The van der Waals surface area contributed by atoms with E-state index < -0.39 is 23.1 Å². The number of nitrogens with zero attached hydrogens (tertiary/aromatic N) is 3. The number of hydrogen-bond donors (Lipinski definition) is 1. The van der Waals surface area contributed by atoms with E-state index in [1.807, 2.05) is 0 Å². The highest BCUT2D eigenvalue weighted by Crippen LogP contribution is 2.34. The van der Waals surface area contributed by atoms with Crippen LogP contribution in [0.25, 0.3) is 0 Å². The number of nitrogen functional groups attached to an aromatic ring is 1. The molecule has 0 saturated carbocycles. The molecule has 1 aromatic rings. The number of anilines is 1. The number of halogens is 2. The Morgan fingerprint density at radius 3 is 1.95 bits per heavy atom. The summed E-state index contributed by atoms with van der Waals surface area (Å²) in [6, 6.07) is 6.32. The first-order chi connectivity index (χ1) is 8.84. The van der Waals surface area contributed by atoms with Crippen LogP contribution < -0.4 is 5.73 Å². The van der Waals surface area contributed by atoms with Crippen LogP contribution in [0.2, 0.25) is 0 Å². The Bertz CT molecular complexity index is 637. The van der Waals surface area contributed by atoms with Gasteiger partial charge in [-0.15, -0.1) is 0 Å². The minimum atomic E-state index is -3.96. The summed E-state index contributed by atoms with van der Waals surface area (Å²) >= 11 is 6.25. The predicted octanol–water partition coefficient (Wildman–Crippen LogP) is 1.83. The third-order valence-corrected chi connectivity index (χ3v) is 5.78. The number of benzene rings is 1. The largest absolute Gasteiger partial charge is 0.399 e. The van der Waals surface area contributed by atoms with E-state index in [4.69, 9.17) is 16.3 Å². The van der Waals surface area contributed by atoms with Crippen molar-refractivity contribution in [3.05, 3.63) is 21.1 Å². The zero-order valence-electron chi connectivity index (χ0n) is 9.47. The molecule has 0 fully saturated rings. The summed E-state index contributed by atoms with van der Waals surface area (Å²) in [5.74, 6) is 0. The molecule has 6 nitrogen and oxygen atoms in total. The minimum Gasteiger partial charge on any atom is -0.399 e. The third kappa shape index (κ3) is 3.45. The van der Waals surface area contributed by atoms with Gasteiger partial charge >= 0.3 is 0 Å². The Hall–Kier alpha value is -1.13. The van der Waals surface area contributed by atoms with E-state index in [-0.39, 0.29) is 13.8 Å². The molecule has 2 N–H and O–H groups in total. The fourth-order valence-electron chi connectivity index (χ4n) is 1.34. The molecule has 1 aromatic carbocycles. The van der Waals surface area contributed by atoms with Crippen molar-refractivity contribution in [2.24, 2.45) is 0 Å². The van der Waals surface area contributed by atoms with Crippen molar-refractivity contribution in [3.8, 4) is 12.1 Å². The van der Waals surface area contributed by atoms with Gasteiger partial charge in [0, 0.05) is 14.6 Å². The summed E-state index contributed by atoms with van der Waals surface area (Å²) in [5, 5.41) is 17.3. The van der Waals surface area contributed by atoms with Gasteiger partial charge in [0.05, 0.1) is 12.1 Å². The van der Waals surface area contributed by atoms with Crippen LogP contribution >= 0.6 is 31.9 Å². The van der Waals surface area contributed by atoms with Crippen LogP contribution in [0.1, 0.15) is 0 Å². The standard InChI is InChI=1S/C10H8Br2N4O2S/c11-8-5-7(15)6-9(12)10(8)19(17,18)16(3-1-13)4-2-14/h5-6H,3-4,15H2. The molecule has 0 aliphatic rings. The van der Waals surface area contributed by atoms with Gasteiger partial charge in [0.25, 0.3) is 0 Å². The van der Waals surface area contributed by atoms with Crippen molar-refractivity contribution in [1.29, 1.82) is 10.5 Å². The van der Waals surface area contributed by atoms with Gasteiger partial charge in [-0.3, -0.25) is 0 Å². The van der Waals surface area contributed by atoms with E-state index in [1.54, 1.807) is 12.1 Å². The zero-order valence-corrected chi connectivity index (χ0v) is 13.5. The molecule has 1 rings (SSSR count). The molecule has 9 heteroatoms. The average Bonchev–Trinajstić information content (AvgIpc) is 2.26. The summed E-state index contributed by atoms with van der Waals surface area (Å²) in [6.45, 7) is -0.807. The number of nitrogens with two attached hydrogens (primary N) is 1. The van der Waals surface area contributed by atoms with Crippen molar-refractivity contribution in [2.45, 2.75) is 4.90 Å². The molecule has 0 saturated heterocycles. The molecule has 0 aromatic heterocycles. The van der Waals surface area contributed by atoms with Crippen molar-refractivity contribution >= 4 is 47.6 Å². The van der Waals surface area contributed by atoms with Crippen LogP contribution in [0.3, 0.4) is 0 Å². The molecule has 0 unspecified atom stereocenters. The SMILES string of the molecule is N#CCN(CC#N)S(=O)(=O)c1c(Br)cc(N)cc1Br. The van der Waals surface area contributed by atoms with Crippen LogP contribution in [-0.2, 0) is 10.0 Å². The van der Waals surface area contributed by atoms with Gasteiger partial charge in [0.1, 0.15) is 18.0 Å². The normalized spacial score (nSPS) is 11.0. The highest BCUT2D eigenvalue weighted by atomic mass is 79.9. The van der Waals surface area contributed by atoms with Gasteiger partial charge < -0.3 is 5.73 Å². The molecule has 0 spiro atoms. The molecule has 0 heterocycles. The van der Waals surface area contributed by atoms with Crippen LogP contribution in [0, 0.1) is 22.7 Å². The first-order valence-electron chi connectivity index (χ1n) is 4.83. The average molecular weight is 408 g/mol. The van der Waals surface area contributed by atoms with E-state index in [0.29, 0.717) is 5.69 Å². The van der Waals surface area contributed by atoms with E-state index >= 15 is 0 Å². The van der Waals surface area contributed by atoms with Crippen LogP contribution in [0.5, 0.6) is 0 Å². The lowest BCUT2D eigenvalue weighted by Crippen LogP contribution is -2.32. The Kier molecular flexibility index (Phi) is 5.32. The van der Waals surface area contributed by atoms with E-state index in [9.17, 15) is 8.42 Å². The monoisotopic (exact) mass is 406 g/mol. The van der Waals surface area contributed by atoms with Crippen LogP contribution in [0.15, 0.2) is 26.0 Å². The van der Waals surface area contributed by atoms with Crippen molar-refractivity contribution in [1.82, 2.24) is 4.31 Å². The van der Waals surface area contributed by atoms with Crippen LogP contribution in [0.4, 0.5) is 5.69 Å². The zero-order chi connectivity index (χ0) is 14.6. The maximum absolute atomic E-state index is 12.4. The Labute approximate surface area is 127 Å². The lowest BCUT2D eigenvalue weighted by molar-refractivity contribution is 0.478. The second-order valence-electron chi connectivity index (χ2n) is 3.40. The number of rotatable bonds is 4. The molecule has 0 amide bonds. The lowest BCUT2D eigenvalue weighted by atomic mass is 10.3. The third-order valence-electron chi connectivity index (χ3n) is 2.11. The second kappa shape index (κ2) is 6.35. The smallest absolute Gasteiger partial charge is 0.247 e. The van der Waals surface area contributed by atoms with E-state index in [0.717, 1.165) is 4.31 Å². The molecule has 100 valence electrons. The Balaban J connectivity index is 3.43. The van der Waals surface area contributed by atoms with Crippen molar-refractivity contribution in [2.75, 3.05) is 18.8 Å². The second-order valence-corrected chi connectivity index (χ2v) is 6.99. The number of hydrogen-bond acceptors (Lipinski definition) is 5. The lowest BCUT2D eigenvalue weighted by Gasteiger charge is -2.18. The first kappa shape index (κ1) is 15.9. The quantitative estimate of drug-likeness (QED) is 0.604. The molecule has 19 heavy (non-hydrogen) atoms.